The molecule has 0 aromatic carbocycles. The Bertz CT molecular complexity index is 503. The number of fused-ring (bicyclic) bond motifs is 2. The fraction of sp³-hybridized carbons (Fsp3) is 0.667. The molecule has 2 saturated carbocycles. The van der Waals surface area contributed by atoms with Crippen molar-refractivity contribution in [2.75, 3.05) is 0 Å². The summed E-state index contributed by atoms with van der Waals surface area (Å²) in [5.74, 6) is -0.209. The molecule has 2 aliphatic carbocycles. The second-order valence-corrected chi connectivity index (χ2v) is 5.48. The summed E-state index contributed by atoms with van der Waals surface area (Å²) in [7, 11) is 0. The molecule has 3 rings (SSSR count). The molecule has 2 bridgehead atoms. The maximum atomic E-state index is 11.9. The first-order chi connectivity index (χ1) is 9.65. The van der Waals surface area contributed by atoms with Crippen LogP contribution in [0, 0.1) is 17.8 Å². The molecule has 2 amide bonds. The Hall–Kier alpha value is -2.12. The molecular weight excluding hydrogens is 262 g/mol. The van der Waals surface area contributed by atoms with Gasteiger partial charge in [-0.25, -0.2) is 9.78 Å². The fourth-order valence-electron chi connectivity index (χ4n) is 3.54. The lowest BCUT2D eigenvalue weighted by Crippen LogP contribution is -2.50. The quantitative estimate of drug-likeness (QED) is 0.623. The van der Waals surface area contributed by atoms with Crippen molar-refractivity contribution in [3.05, 3.63) is 12.2 Å². The maximum absolute atomic E-state index is 11.9. The van der Waals surface area contributed by atoms with Crippen molar-refractivity contribution in [2.45, 2.75) is 31.8 Å². The molecule has 4 atom stereocenters. The van der Waals surface area contributed by atoms with Crippen molar-refractivity contribution in [2.24, 2.45) is 17.8 Å². The van der Waals surface area contributed by atoms with Gasteiger partial charge in [-0.1, -0.05) is 0 Å². The lowest BCUT2D eigenvalue weighted by atomic mass is 9.84. The maximum Gasteiger partial charge on any atom is 0.315 e. The van der Waals surface area contributed by atoms with Crippen molar-refractivity contribution in [1.82, 2.24) is 25.8 Å². The third kappa shape index (κ3) is 2.33. The summed E-state index contributed by atoms with van der Waals surface area (Å²) in [6.45, 7) is 0.240. The number of aromatic amines is 1. The summed E-state index contributed by atoms with van der Waals surface area (Å²) >= 11 is 0. The monoisotopic (exact) mass is 279 g/mol. The summed E-state index contributed by atoms with van der Waals surface area (Å²) in [4.78, 5) is 27.1. The highest BCUT2D eigenvalue weighted by molar-refractivity contribution is 5.77. The van der Waals surface area contributed by atoms with Gasteiger partial charge in [0.2, 0.25) is 0 Å². The van der Waals surface area contributed by atoms with Crippen LogP contribution in [0.5, 0.6) is 0 Å². The van der Waals surface area contributed by atoms with Gasteiger partial charge >= 0.3 is 12.0 Å². The van der Waals surface area contributed by atoms with Gasteiger partial charge in [-0.3, -0.25) is 9.89 Å². The number of carboxylic acids is 1. The highest BCUT2D eigenvalue weighted by Gasteiger charge is 2.51. The number of H-pyrrole nitrogens is 1. The SMILES string of the molecule is O=C(NCc1ncn[nH]1)NC1C2CCC(C2)C1C(=O)O. The Morgan fingerprint density at radius 2 is 2.20 bits per heavy atom. The molecule has 108 valence electrons. The Kier molecular flexibility index (Phi) is 3.29. The molecule has 0 radical (unpaired) electrons. The van der Waals surface area contributed by atoms with E-state index in [1.165, 1.54) is 6.33 Å². The number of carbonyl (C=O) groups is 2. The minimum Gasteiger partial charge on any atom is -0.481 e. The van der Waals surface area contributed by atoms with Crippen LogP contribution in [0.3, 0.4) is 0 Å². The van der Waals surface area contributed by atoms with Gasteiger partial charge in [-0.05, 0) is 31.1 Å². The van der Waals surface area contributed by atoms with E-state index in [0.717, 1.165) is 19.3 Å². The van der Waals surface area contributed by atoms with E-state index in [1.807, 2.05) is 0 Å². The van der Waals surface area contributed by atoms with Gasteiger partial charge in [-0.2, -0.15) is 5.10 Å². The van der Waals surface area contributed by atoms with E-state index < -0.39 is 11.9 Å². The van der Waals surface area contributed by atoms with E-state index in [-0.39, 0.29) is 30.5 Å². The van der Waals surface area contributed by atoms with Gasteiger partial charge in [0.05, 0.1) is 12.5 Å². The van der Waals surface area contributed by atoms with Crippen molar-refractivity contribution in [1.29, 1.82) is 0 Å². The van der Waals surface area contributed by atoms with Crippen molar-refractivity contribution in [3.8, 4) is 0 Å². The van der Waals surface area contributed by atoms with Gasteiger partial charge in [0.25, 0.3) is 0 Å². The first-order valence-corrected chi connectivity index (χ1v) is 6.76. The van der Waals surface area contributed by atoms with Crippen LogP contribution in [0.4, 0.5) is 4.79 Å². The lowest BCUT2D eigenvalue weighted by molar-refractivity contribution is -0.144. The summed E-state index contributed by atoms with van der Waals surface area (Å²) in [6.07, 6.45) is 4.23. The van der Waals surface area contributed by atoms with Gasteiger partial charge in [0.15, 0.2) is 0 Å². The number of carboxylic acid groups (broad SMARTS) is 1. The molecule has 1 heterocycles. The molecule has 2 fully saturated rings. The predicted octanol–water partition coefficient (Wildman–Crippen LogP) is 0.103. The minimum atomic E-state index is -0.808. The number of carbonyl (C=O) groups excluding carboxylic acids is 1. The molecule has 4 unspecified atom stereocenters. The second-order valence-electron chi connectivity index (χ2n) is 5.48. The van der Waals surface area contributed by atoms with E-state index in [1.54, 1.807) is 0 Å². The van der Waals surface area contributed by atoms with E-state index in [9.17, 15) is 14.7 Å². The highest BCUT2D eigenvalue weighted by atomic mass is 16.4. The topological polar surface area (TPSA) is 120 Å². The van der Waals surface area contributed by atoms with Gasteiger partial charge in [-0.15, -0.1) is 0 Å². The van der Waals surface area contributed by atoms with Crippen molar-refractivity contribution >= 4 is 12.0 Å². The van der Waals surface area contributed by atoms with Gasteiger partial charge in [0, 0.05) is 6.04 Å². The molecule has 8 nitrogen and oxygen atoms in total. The summed E-state index contributed by atoms with van der Waals surface area (Å²) < 4.78 is 0. The molecule has 1 aromatic heterocycles. The lowest BCUT2D eigenvalue weighted by Gasteiger charge is -2.28. The third-order valence-electron chi connectivity index (χ3n) is 4.38. The number of rotatable bonds is 4. The minimum absolute atomic E-state index is 0.206. The highest BCUT2D eigenvalue weighted by Crippen LogP contribution is 2.48. The zero-order valence-electron chi connectivity index (χ0n) is 10.9. The standard InChI is InChI=1S/C12H17N5O3/c18-11(19)9-6-1-2-7(3-6)10(9)16-12(20)13-4-8-14-5-15-17-8/h5-7,9-10H,1-4H2,(H,18,19)(H2,13,16,20)(H,14,15,17). The number of aliphatic carboxylic acids is 1. The number of amides is 2. The number of aromatic nitrogens is 3. The van der Waals surface area contributed by atoms with Crippen LogP contribution >= 0.6 is 0 Å². The average Bonchev–Trinajstić information content (AvgIpc) is 3.12. The smallest absolute Gasteiger partial charge is 0.315 e. The van der Waals surface area contributed by atoms with Crippen LogP contribution in [0.2, 0.25) is 0 Å². The zero-order chi connectivity index (χ0) is 14.1. The largest absolute Gasteiger partial charge is 0.481 e. The van der Waals surface area contributed by atoms with Gasteiger partial charge < -0.3 is 15.7 Å². The summed E-state index contributed by atoms with van der Waals surface area (Å²) in [5.41, 5.74) is 0. The molecule has 0 spiro atoms. The first kappa shape index (κ1) is 12.9. The summed E-state index contributed by atoms with van der Waals surface area (Å²) in [6, 6.07) is -0.619. The Balaban J connectivity index is 1.56. The Morgan fingerprint density at radius 3 is 2.90 bits per heavy atom. The second kappa shape index (κ2) is 5.10. The predicted molar refractivity (Wildman–Crippen MR) is 67.5 cm³/mol. The van der Waals surface area contributed by atoms with Crippen LogP contribution in [-0.2, 0) is 11.3 Å². The Morgan fingerprint density at radius 1 is 1.40 bits per heavy atom. The number of nitrogens with zero attached hydrogens (tertiary/aromatic N) is 2. The van der Waals surface area contributed by atoms with Crippen LogP contribution in [0.1, 0.15) is 25.1 Å². The number of hydrogen-bond acceptors (Lipinski definition) is 4. The Labute approximate surface area is 115 Å². The van der Waals surface area contributed by atoms with Crippen LogP contribution in [0.15, 0.2) is 6.33 Å². The third-order valence-corrected chi connectivity index (χ3v) is 4.38. The molecular formula is C12H17N5O3. The van der Waals surface area contributed by atoms with Gasteiger partial charge in [0.1, 0.15) is 12.2 Å². The number of nitrogens with one attached hydrogen (secondary N) is 3. The average molecular weight is 279 g/mol. The fourth-order valence-corrected chi connectivity index (χ4v) is 3.54. The number of urea groups is 1. The van der Waals surface area contributed by atoms with Crippen LogP contribution in [-0.4, -0.2) is 38.3 Å². The summed E-state index contributed by atoms with van der Waals surface area (Å²) in [5, 5.41) is 21.1. The molecule has 4 N–H and O–H groups in total. The molecule has 0 saturated heterocycles. The zero-order valence-corrected chi connectivity index (χ0v) is 10.9. The molecule has 8 heteroatoms. The van der Waals surface area contributed by atoms with Crippen molar-refractivity contribution in [3.63, 3.8) is 0 Å². The van der Waals surface area contributed by atoms with E-state index in [4.69, 9.17) is 0 Å². The van der Waals surface area contributed by atoms with Crippen molar-refractivity contribution < 1.29 is 14.7 Å². The van der Waals surface area contributed by atoms with E-state index in [2.05, 4.69) is 25.8 Å². The molecule has 20 heavy (non-hydrogen) atoms. The normalized spacial score (nSPS) is 31.2. The van der Waals surface area contributed by atoms with E-state index >= 15 is 0 Å². The number of hydrogen-bond donors (Lipinski definition) is 4. The van der Waals surface area contributed by atoms with E-state index in [0.29, 0.717) is 5.82 Å². The van der Waals surface area contributed by atoms with Crippen LogP contribution in [0.25, 0.3) is 0 Å². The molecule has 2 aliphatic rings. The first-order valence-electron chi connectivity index (χ1n) is 6.76. The molecule has 1 aromatic rings. The molecule has 0 aliphatic heterocycles. The van der Waals surface area contributed by atoms with Crippen LogP contribution < -0.4 is 10.6 Å².